The van der Waals surface area contributed by atoms with Crippen molar-refractivity contribution in [2.24, 2.45) is 0 Å². The van der Waals surface area contributed by atoms with Gasteiger partial charge in [-0.1, -0.05) is 115 Å². The van der Waals surface area contributed by atoms with Gasteiger partial charge in [0.2, 0.25) is 0 Å². The number of hydrogen-bond donors (Lipinski definition) is 1. The molecule has 0 saturated heterocycles. The maximum atomic E-state index is 10.9. The van der Waals surface area contributed by atoms with Crippen molar-refractivity contribution in [1.82, 2.24) is 19.5 Å². The first-order valence-corrected chi connectivity index (χ1v) is 17.7. The summed E-state index contributed by atoms with van der Waals surface area (Å²) >= 11 is 0. The molecule has 0 unspecified atom stereocenters. The van der Waals surface area contributed by atoms with E-state index < -0.39 is 0 Å². The van der Waals surface area contributed by atoms with Crippen LogP contribution in [0.5, 0.6) is 5.75 Å². The molecule has 3 aromatic heterocycles. The molecular weight excluding hydrogens is 649 g/mol. The van der Waals surface area contributed by atoms with Crippen LogP contribution in [0.3, 0.4) is 0 Å². The second-order valence-corrected chi connectivity index (χ2v) is 13.1. The van der Waals surface area contributed by atoms with Crippen LogP contribution in [0.2, 0.25) is 0 Å². The van der Waals surface area contributed by atoms with E-state index >= 15 is 0 Å². The van der Waals surface area contributed by atoms with Crippen LogP contribution in [0, 0.1) is 6.92 Å². The summed E-state index contributed by atoms with van der Waals surface area (Å²) in [6.07, 6.45) is 3.65. The van der Waals surface area contributed by atoms with Gasteiger partial charge in [0, 0.05) is 29.2 Å². The smallest absolute Gasteiger partial charge is 0.168 e. The van der Waals surface area contributed by atoms with Gasteiger partial charge in [0.15, 0.2) is 5.82 Å². The van der Waals surface area contributed by atoms with Gasteiger partial charge in [-0.2, -0.15) is 0 Å². The predicted molar refractivity (Wildman–Crippen MR) is 216 cm³/mol. The Kier molecular flexibility index (Phi) is 8.14. The first kappa shape index (κ1) is 31.8. The summed E-state index contributed by atoms with van der Waals surface area (Å²) in [4.78, 5) is 14.8. The molecule has 0 aliphatic carbocycles. The van der Waals surface area contributed by atoms with E-state index in [4.69, 9.17) is 9.97 Å². The van der Waals surface area contributed by atoms with Crippen molar-refractivity contribution in [3.8, 4) is 78.7 Å². The molecule has 0 aliphatic rings. The molecule has 0 aliphatic heterocycles. The third-order valence-corrected chi connectivity index (χ3v) is 9.75. The van der Waals surface area contributed by atoms with Crippen molar-refractivity contribution in [1.29, 1.82) is 0 Å². The van der Waals surface area contributed by atoms with E-state index in [0.29, 0.717) is 11.5 Å². The van der Waals surface area contributed by atoms with Crippen LogP contribution in [0.1, 0.15) is 5.56 Å². The average Bonchev–Trinajstić information content (AvgIpc) is 3.62. The van der Waals surface area contributed by atoms with Crippen LogP contribution in [0.25, 0.3) is 84.0 Å². The van der Waals surface area contributed by atoms with Gasteiger partial charge in [-0.15, -0.1) is 0 Å². The van der Waals surface area contributed by atoms with Crippen LogP contribution in [0.15, 0.2) is 182 Å². The molecule has 6 aromatic carbocycles. The lowest BCUT2D eigenvalue weighted by Gasteiger charge is -2.14. The van der Waals surface area contributed by atoms with Crippen LogP contribution in [-0.2, 0) is 0 Å². The van der Waals surface area contributed by atoms with Gasteiger partial charge in [0.1, 0.15) is 11.4 Å². The summed E-state index contributed by atoms with van der Waals surface area (Å²) < 4.78 is 2.07. The Balaban J connectivity index is 1.22. The lowest BCUT2D eigenvalue weighted by atomic mass is 9.93. The highest BCUT2D eigenvalue weighted by molar-refractivity contribution is 5.97. The molecule has 0 radical (unpaired) electrons. The topological polar surface area (TPSA) is 63.8 Å². The zero-order valence-electron chi connectivity index (χ0n) is 29.1. The number of aromatic nitrogens is 4. The molecule has 9 aromatic rings. The number of para-hydroxylation sites is 2. The largest absolute Gasteiger partial charge is 0.506 e. The molecule has 0 bridgehead atoms. The molecule has 9 rings (SSSR count). The maximum Gasteiger partial charge on any atom is 0.168 e. The van der Waals surface area contributed by atoms with Crippen LogP contribution in [0.4, 0.5) is 0 Å². The number of nitrogens with zero attached hydrogens (tertiary/aromatic N) is 4. The van der Waals surface area contributed by atoms with Gasteiger partial charge in [0.25, 0.3) is 0 Å². The standard InChI is InChI=1S/C48H34N4O/c1-32-31-50-43(30-42(32)36-24-22-35(23-25-36)33-13-5-2-6-14-33)39-28-37(34-15-7-3-8-16-34)27-38(29-39)41-19-11-20-44-46(41)51-48(47-45(53)21-12-26-49-47)52(44)40-17-9-4-10-18-40/h2-31,53H,1H3. The number of aromatic hydroxyl groups is 1. The van der Waals surface area contributed by atoms with E-state index in [1.807, 2.05) is 48.7 Å². The van der Waals surface area contributed by atoms with Gasteiger partial charge in [-0.05, 0) is 106 Å². The van der Waals surface area contributed by atoms with Gasteiger partial charge < -0.3 is 5.11 Å². The molecule has 3 heterocycles. The van der Waals surface area contributed by atoms with Crippen LogP contribution in [-0.4, -0.2) is 24.6 Å². The molecule has 1 N–H and O–H groups in total. The summed E-state index contributed by atoms with van der Waals surface area (Å²) in [5.41, 5.74) is 14.9. The molecule has 5 nitrogen and oxygen atoms in total. The van der Waals surface area contributed by atoms with Crippen molar-refractivity contribution in [2.45, 2.75) is 6.92 Å². The number of aryl methyl sites for hydroxylation is 1. The Labute approximate surface area is 308 Å². The Bertz CT molecular complexity index is 2720. The second-order valence-electron chi connectivity index (χ2n) is 13.1. The van der Waals surface area contributed by atoms with E-state index in [1.54, 1.807) is 18.3 Å². The second kappa shape index (κ2) is 13.5. The zero-order valence-corrected chi connectivity index (χ0v) is 29.1. The molecule has 0 saturated carbocycles. The highest BCUT2D eigenvalue weighted by atomic mass is 16.3. The van der Waals surface area contributed by atoms with Gasteiger partial charge in [-0.3, -0.25) is 9.55 Å². The first-order chi connectivity index (χ1) is 26.1. The molecule has 53 heavy (non-hydrogen) atoms. The van der Waals surface area contributed by atoms with E-state index in [-0.39, 0.29) is 5.75 Å². The van der Waals surface area contributed by atoms with Crippen molar-refractivity contribution >= 4 is 11.0 Å². The molecular formula is C48H34N4O. The maximum absolute atomic E-state index is 10.9. The summed E-state index contributed by atoms with van der Waals surface area (Å²) in [5.74, 6) is 0.644. The Hall–Kier alpha value is -7.11. The highest BCUT2D eigenvalue weighted by Crippen LogP contribution is 2.39. The van der Waals surface area contributed by atoms with Gasteiger partial charge in [-0.25, -0.2) is 9.97 Å². The number of benzene rings is 6. The number of imidazole rings is 1. The number of hydrogen-bond acceptors (Lipinski definition) is 4. The van der Waals surface area contributed by atoms with Gasteiger partial charge in [0.05, 0.1) is 16.7 Å². The minimum atomic E-state index is 0.0749. The first-order valence-electron chi connectivity index (χ1n) is 17.7. The lowest BCUT2D eigenvalue weighted by Crippen LogP contribution is -1.98. The monoisotopic (exact) mass is 682 g/mol. The average molecular weight is 683 g/mol. The Morgan fingerprint density at radius 3 is 1.83 bits per heavy atom. The van der Waals surface area contributed by atoms with Crippen molar-refractivity contribution in [3.05, 3.63) is 188 Å². The van der Waals surface area contributed by atoms with Crippen LogP contribution >= 0.6 is 0 Å². The molecule has 5 heteroatoms. The number of pyridine rings is 2. The van der Waals surface area contributed by atoms with Crippen molar-refractivity contribution in [3.63, 3.8) is 0 Å². The van der Waals surface area contributed by atoms with E-state index in [1.165, 1.54) is 11.1 Å². The predicted octanol–water partition coefficient (Wildman–Crippen LogP) is 11.8. The fourth-order valence-electron chi connectivity index (χ4n) is 7.09. The summed E-state index contributed by atoms with van der Waals surface area (Å²) in [5, 5.41) is 10.9. The molecule has 0 fully saturated rings. The third-order valence-electron chi connectivity index (χ3n) is 9.75. The van der Waals surface area contributed by atoms with E-state index in [0.717, 1.165) is 66.9 Å². The molecule has 0 amide bonds. The molecule has 0 atom stereocenters. The Morgan fingerprint density at radius 1 is 0.491 bits per heavy atom. The fourth-order valence-corrected chi connectivity index (χ4v) is 7.09. The van der Waals surface area contributed by atoms with E-state index in [2.05, 4.69) is 132 Å². The van der Waals surface area contributed by atoms with E-state index in [9.17, 15) is 5.11 Å². The third kappa shape index (κ3) is 6.04. The summed E-state index contributed by atoms with van der Waals surface area (Å²) in [7, 11) is 0. The summed E-state index contributed by atoms with van der Waals surface area (Å²) in [6.45, 7) is 2.11. The number of rotatable bonds is 7. The van der Waals surface area contributed by atoms with Crippen molar-refractivity contribution in [2.75, 3.05) is 0 Å². The van der Waals surface area contributed by atoms with Crippen molar-refractivity contribution < 1.29 is 5.11 Å². The SMILES string of the molecule is Cc1cnc(-c2cc(-c3ccccc3)cc(-c3cccc4c3nc(-c3ncccc3O)n4-c3ccccc3)c2)cc1-c1ccc(-c2ccccc2)cc1. The minimum absolute atomic E-state index is 0.0749. The minimum Gasteiger partial charge on any atom is -0.506 e. The molecule has 252 valence electrons. The van der Waals surface area contributed by atoms with Gasteiger partial charge >= 0.3 is 0 Å². The molecule has 0 spiro atoms. The fraction of sp³-hybridized carbons (Fsp3) is 0.0208. The number of fused-ring (bicyclic) bond motifs is 1. The van der Waals surface area contributed by atoms with Crippen LogP contribution < -0.4 is 0 Å². The quantitative estimate of drug-likeness (QED) is 0.182. The highest BCUT2D eigenvalue weighted by Gasteiger charge is 2.21. The summed E-state index contributed by atoms with van der Waals surface area (Å²) in [6, 6.07) is 58.2. The lowest BCUT2D eigenvalue weighted by molar-refractivity contribution is 0.474. The zero-order chi connectivity index (χ0) is 35.7. The normalized spacial score (nSPS) is 11.2. The Morgan fingerprint density at radius 2 is 1.11 bits per heavy atom.